The largest absolute Gasteiger partial charge is 0.400 e. The lowest BCUT2D eigenvalue weighted by molar-refractivity contribution is 0.262. The molecule has 0 aliphatic carbocycles. The predicted molar refractivity (Wildman–Crippen MR) is 131 cm³/mol. The van der Waals surface area contributed by atoms with Gasteiger partial charge in [0, 0.05) is 40.8 Å². The van der Waals surface area contributed by atoms with Gasteiger partial charge in [-0.1, -0.05) is 0 Å². The van der Waals surface area contributed by atoms with E-state index in [1.54, 1.807) is 21.1 Å². The number of hydrogen-bond acceptors (Lipinski definition) is 13. The van der Waals surface area contributed by atoms with Crippen LogP contribution in [0.15, 0.2) is 0 Å². The second-order valence-corrected chi connectivity index (χ2v) is 6.70. The topological polar surface area (TPSA) is 398 Å². The van der Waals surface area contributed by atoms with Crippen LogP contribution in [-0.4, -0.2) is 145 Å². The fraction of sp³-hybridized carbons (Fsp3) is 0.769. The lowest BCUT2D eigenvalue weighted by atomic mass is 10.6. The monoisotopic (exact) mass is 579 g/mol. The van der Waals surface area contributed by atoms with Gasteiger partial charge < -0.3 is 52.7 Å². The van der Waals surface area contributed by atoms with E-state index in [0.717, 1.165) is 7.11 Å². The van der Waals surface area contributed by atoms with Gasteiger partial charge in [-0.3, -0.25) is 29.0 Å². The summed E-state index contributed by atoms with van der Waals surface area (Å²) in [5.74, 6) is -0.0295. The first kappa shape index (κ1) is 50.3. The van der Waals surface area contributed by atoms with Crippen LogP contribution in [0, 0.1) is 22.3 Å². The van der Waals surface area contributed by atoms with Crippen LogP contribution in [0.4, 0.5) is 0 Å². The van der Waals surface area contributed by atoms with Gasteiger partial charge in [-0.15, -0.1) is 0 Å². The van der Waals surface area contributed by atoms with Crippen molar-refractivity contribution >= 4 is 32.7 Å². The summed E-state index contributed by atoms with van der Waals surface area (Å²) in [5.41, 5.74) is 14.2. The third kappa shape index (κ3) is 162. The molecule has 0 fully saturated rings. The molecule has 222 valence electrons. The highest BCUT2D eigenvalue weighted by Crippen LogP contribution is 1.75. The first-order chi connectivity index (χ1) is 16.2. The molecule has 0 saturated carbocycles. The quantitative estimate of drug-likeness (QED) is 0.0458. The van der Waals surface area contributed by atoms with Gasteiger partial charge in [0.15, 0.2) is 18.1 Å². The number of nitrogens with zero attached hydrogens (tertiary/aromatic N) is 3. The van der Waals surface area contributed by atoms with E-state index in [2.05, 4.69) is 11.1 Å². The molecular formula is C13H41N9O12S2. The molecule has 0 atom stereocenters. The fourth-order valence-corrected chi connectivity index (χ4v) is 0.653. The number of aliphatic hydroxyl groups is 4. The number of hydrogen-bond donors (Lipinski definition) is 14. The Bertz CT molecular complexity index is 649. The van der Waals surface area contributed by atoms with Crippen LogP contribution < -0.4 is 22.5 Å². The Kier molecular flexibility index (Phi) is 51.6. The minimum atomic E-state index is -4.67. The minimum absolute atomic E-state index is 0.0148. The Morgan fingerprint density at radius 3 is 1.06 bits per heavy atom. The van der Waals surface area contributed by atoms with Gasteiger partial charge in [0.1, 0.15) is 0 Å². The summed E-state index contributed by atoms with van der Waals surface area (Å²) < 4.78 is 63.2. The summed E-state index contributed by atoms with van der Waals surface area (Å²) >= 11 is 0. The Morgan fingerprint density at radius 2 is 1.03 bits per heavy atom. The van der Waals surface area contributed by atoms with E-state index in [-0.39, 0.29) is 31.7 Å². The molecule has 0 aliphatic heterocycles. The Balaban J connectivity index is -0.0000000567. The highest BCUT2D eigenvalue weighted by molar-refractivity contribution is 7.80. The molecule has 17 N–H and O–H groups in total. The molecule has 0 amide bonds. The summed E-state index contributed by atoms with van der Waals surface area (Å²) in [6, 6.07) is 0. The molecule has 0 bridgehead atoms. The first-order valence-electron chi connectivity index (χ1n) is 8.71. The zero-order valence-corrected chi connectivity index (χ0v) is 22.0. The van der Waals surface area contributed by atoms with E-state index in [1.807, 2.05) is 0 Å². The lowest BCUT2D eigenvalue weighted by Crippen LogP contribution is -2.34. The van der Waals surface area contributed by atoms with E-state index in [4.69, 9.17) is 83.0 Å². The van der Waals surface area contributed by atoms with Gasteiger partial charge in [0.2, 0.25) is 0 Å². The standard InChI is InChI=1S/2C4H11N3O.C3H9NO.CH2N2.CH4O.2H2O4S/c2*1-7(2-3-8)4(5)6;1-4-2-3-5;2-1-3;1-2;2*1-5(2,3)4/h2*8H,2-3H2,1H3,(H3,5,6);4-5H,2-3H2,1H3;2H2;2H,1H3;2*(H2,1,2,3,4). The molecule has 0 radical (unpaired) electrons. The molecule has 36 heavy (non-hydrogen) atoms. The SMILES string of the molecule is CN(CCO)C(=N)N.CN(CCO)C(=N)N.CNCCO.CO.N#CN.O=S(=O)(O)O.O=S(=O)(O)O. The maximum absolute atomic E-state index is 8.74. The highest BCUT2D eigenvalue weighted by Gasteiger charge is 1.95. The van der Waals surface area contributed by atoms with E-state index in [1.165, 1.54) is 16.0 Å². The third-order valence-corrected chi connectivity index (χ3v) is 2.06. The normalized spacial score (nSPS) is 8.64. The second kappa shape index (κ2) is 36.9. The maximum Gasteiger partial charge on any atom is 0.394 e. The van der Waals surface area contributed by atoms with Crippen molar-refractivity contribution in [3.8, 4) is 6.19 Å². The molecule has 0 aliphatic rings. The van der Waals surface area contributed by atoms with Crippen molar-refractivity contribution in [3.05, 3.63) is 0 Å². The van der Waals surface area contributed by atoms with Gasteiger partial charge in [0.05, 0.1) is 19.8 Å². The van der Waals surface area contributed by atoms with Crippen LogP contribution in [0.5, 0.6) is 0 Å². The number of likely N-dealkylation sites (N-methyl/N-ethyl adjacent to an activating group) is 3. The minimum Gasteiger partial charge on any atom is -0.400 e. The molecule has 21 nitrogen and oxygen atoms in total. The highest BCUT2D eigenvalue weighted by atomic mass is 32.3. The van der Waals surface area contributed by atoms with Gasteiger partial charge in [-0.25, -0.2) is 0 Å². The van der Waals surface area contributed by atoms with Crippen molar-refractivity contribution < 1.29 is 55.5 Å². The van der Waals surface area contributed by atoms with E-state index in [0.29, 0.717) is 19.6 Å². The zero-order chi connectivity index (χ0) is 31.0. The van der Waals surface area contributed by atoms with Crippen molar-refractivity contribution in [3.63, 3.8) is 0 Å². The lowest BCUT2D eigenvalue weighted by Gasteiger charge is -2.13. The molecule has 0 aromatic carbocycles. The summed E-state index contributed by atoms with van der Waals surface area (Å²) in [5, 5.41) is 55.0. The van der Waals surface area contributed by atoms with Gasteiger partial charge in [-0.2, -0.15) is 22.1 Å². The van der Waals surface area contributed by atoms with Crippen molar-refractivity contribution in [2.45, 2.75) is 0 Å². The second-order valence-electron chi connectivity index (χ2n) is 4.91. The molecular weight excluding hydrogens is 538 g/mol. The molecule has 0 spiro atoms. The van der Waals surface area contributed by atoms with Crippen LogP contribution in [-0.2, 0) is 20.8 Å². The number of nitrogens with two attached hydrogens (primary N) is 3. The zero-order valence-electron chi connectivity index (χ0n) is 20.3. The predicted octanol–water partition coefficient (Wildman–Crippen LogP) is -5.46. The fourth-order valence-electron chi connectivity index (χ4n) is 0.653. The Morgan fingerprint density at radius 1 is 0.833 bits per heavy atom. The summed E-state index contributed by atoms with van der Waals surface area (Å²) in [4.78, 5) is 2.92. The number of nitrogens with one attached hydrogen (secondary N) is 3. The molecule has 0 aromatic heterocycles. The van der Waals surface area contributed by atoms with E-state index < -0.39 is 20.8 Å². The summed E-state index contributed by atoms with van der Waals surface area (Å²) in [7, 11) is -3.23. The third-order valence-electron chi connectivity index (χ3n) is 2.06. The van der Waals surface area contributed by atoms with Crippen LogP contribution >= 0.6 is 0 Å². The summed E-state index contributed by atoms with van der Waals surface area (Å²) in [6.07, 6.45) is 1.25. The van der Waals surface area contributed by atoms with Crippen molar-refractivity contribution in [1.29, 1.82) is 16.1 Å². The van der Waals surface area contributed by atoms with Crippen molar-refractivity contribution in [1.82, 2.24) is 15.1 Å². The summed E-state index contributed by atoms with van der Waals surface area (Å²) in [6.45, 7) is 1.85. The number of guanidine groups is 2. The smallest absolute Gasteiger partial charge is 0.394 e. The van der Waals surface area contributed by atoms with Crippen LogP contribution in [0.2, 0.25) is 0 Å². The van der Waals surface area contributed by atoms with Crippen molar-refractivity contribution in [2.75, 3.05) is 67.7 Å². The molecule has 0 heterocycles. The van der Waals surface area contributed by atoms with E-state index in [9.17, 15) is 0 Å². The van der Waals surface area contributed by atoms with Crippen LogP contribution in [0.25, 0.3) is 0 Å². The van der Waals surface area contributed by atoms with Gasteiger partial charge in [0.25, 0.3) is 0 Å². The van der Waals surface area contributed by atoms with Gasteiger partial charge in [-0.05, 0) is 7.05 Å². The Hall–Kier alpha value is -2.63. The number of rotatable bonds is 6. The maximum atomic E-state index is 8.74. The van der Waals surface area contributed by atoms with E-state index >= 15 is 0 Å². The van der Waals surface area contributed by atoms with Gasteiger partial charge >= 0.3 is 20.8 Å². The molecule has 0 saturated heterocycles. The molecule has 0 aromatic rings. The van der Waals surface area contributed by atoms with Crippen LogP contribution in [0.1, 0.15) is 0 Å². The first-order valence-corrected chi connectivity index (χ1v) is 11.5. The average Bonchev–Trinajstić information content (AvgIpc) is 2.69. The number of aliphatic hydroxyl groups excluding tert-OH is 4. The molecule has 23 heteroatoms. The average molecular weight is 580 g/mol. The molecule has 0 rings (SSSR count). The Labute approximate surface area is 210 Å². The number of nitriles is 1. The van der Waals surface area contributed by atoms with Crippen molar-refractivity contribution in [2.24, 2.45) is 17.2 Å². The molecule has 0 unspecified atom stereocenters. The van der Waals surface area contributed by atoms with Crippen LogP contribution in [0.3, 0.4) is 0 Å².